The molecule has 0 aliphatic rings. The van der Waals surface area contributed by atoms with E-state index < -0.39 is 0 Å². The lowest BCUT2D eigenvalue weighted by atomic mass is 9.86. The molecule has 10 aromatic carbocycles. The molecule has 4 aromatic heterocycles. The van der Waals surface area contributed by atoms with Gasteiger partial charge >= 0.3 is 0 Å². The van der Waals surface area contributed by atoms with Crippen LogP contribution < -0.4 is 0 Å². The number of nitriles is 1. The van der Waals surface area contributed by atoms with E-state index in [0.717, 1.165) is 122 Å². The molecule has 0 radical (unpaired) electrons. The van der Waals surface area contributed by atoms with Gasteiger partial charge in [0.25, 0.3) is 0 Å². The predicted octanol–water partition coefficient (Wildman–Crippen LogP) is 17.5. The maximum atomic E-state index is 15.8. The first-order valence-corrected chi connectivity index (χ1v) is 24.8. The molecule has 0 aliphatic heterocycles. The number of benzene rings is 10. The number of fused-ring (bicyclic) bond motifs is 12. The minimum Gasteiger partial charge on any atom is -0.306 e. The normalized spacial score (nSPS) is 12.2. The molecule has 0 N–H and O–H groups in total. The maximum absolute atomic E-state index is 15.8. The zero-order valence-corrected chi connectivity index (χ0v) is 40.3. The molecule has 0 fully saturated rings. The van der Waals surface area contributed by atoms with E-state index in [-0.39, 0.29) is 17.0 Å². The van der Waals surface area contributed by atoms with E-state index in [0.29, 0.717) is 16.9 Å². The fraction of sp³-hybridized carbons (Fsp3) is 0.0758. The van der Waals surface area contributed by atoms with E-state index in [1.807, 2.05) is 36.4 Å². The number of nitrogens with zero attached hydrogens (tertiary/aromatic N) is 5. The predicted molar refractivity (Wildman–Crippen MR) is 297 cm³/mol. The number of rotatable bonds is 6. The average molecular weight is 946 g/mol. The van der Waals surface area contributed by atoms with Gasteiger partial charge in [0.15, 0.2) is 0 Å². The van der Waals surface area contributed by atoms with Gasteiger partial charge in [-0.05, 0) is 95.8 Å². The highest BCUT2D eigenvalue weighted by Crippen LogP contribution is 2.52. The lowest BCUT2D eigenvalue weighted by Gasteiger charge is -2.29. The molecule has 4 heterocycles. The third kappa shape index (κ3) is 6.30. The highest BCUT2D eigenvalue weighted by Gasteiger charge is 2.35. The molecule has 0 aliphatic carbocycles. The van der Waals surface area contributed by atoms with Gasteiger partial charge in [-0.3, -0.25) is 0 Å². The summed E-state index contributed by atoms with van der Waals surface area (Å²) in [7, 11) is 0. The second-order valence-electron chi connectivity index (χ2n) is 20.5. The number of hydrogen-bond donors (Lipinski definition) is 0. The van der Waals surface area contributed by atoms with Gasteiger partial charge in [0, 0.05) is 48.7 Å². The minimum absolute atomic E-state index is 0.0506. The number of para-hydroxylation sites is 6. The molecular weight excluding hydrogens is 901 g/mol. The lowest BCUT2D eigenvalue weighted by Crippen LogP contribution is -2.16. The zero-order valence-electron chi connectivity index (χ0n) is 40.3. The molecule has 0 atom stereocenters. The van der Waals surface area contributed by atoms with E-state index in [1.165, 1.54) is 12.1 Å². The maximum Gasteiger partial charge on any atom is 0.123 e. The number of hydrogen-bond acceptors (Lipinski definition) is 1. The summed E-state index contributed by atoms with van der Waals surface area (Å²) in [5.74, 6) is -0.684. The molecule has 0 saturated carbocycles. The molecule has 0 unspecified atom stereocenters. The Bertz CT molecular complexity index is 4310. The van der Waals surface area contributed by atoms with Crippen LogP contribution in [0.4, 0.5) is 8.78 Å². The van der Waals surface area contributed by atoms with Crippen molar-refractivity contribution in [3.63, 3.8) is 0 Å². The van der Waals surface area contributed by atoms with Gasteiger partial charge < -0.3 is 18.3 Å². The van der Waals surface area contributed by atoms with Gasteiger partial charge in [-0.25, -0.2) is 8.78 Å². The van der Waals surface area contributed by atoms with Crippen LogP contribution in [0, 0.1) is 28.4 Å². The fourth-order valence-corrected chi connectivity index (χ4v) is 12.1. The van der Waals surface area contributed by atoms with Crippen LogP contribution in [0.25, 0.3) is 121 Å². The van der Waals surface area contributed by atoms with Crippen molar-refractivity contribution in [3.8, 4) is 39.9 Å². The smallest absolute Gasteiger partial charge is 0.123 e. The fourth-order valence-electron chi connectivity index (χ4n) is 12.1. The van der Waals surface area contributed by atoms with Gasteiger partial charge in [-0.15, -0.1) is 0 Å². The molecule has 14 aromatic rings. The molecule has 7 heteroatoms. The summed E-state index contributed by atoms with van der Waals surface area (Å²) >= 11 is 0. The second-order valence-corrected chi connectivity index (χ2v) is 20.5. The Labute approximate surface area is 419 Å². The summed E-state index contributed by atoms with van der Waals surface area (Å²) in [6.07, 6.45) is 0.796. The molecule has 0 bridgehead atoms. The SMILES string of the molecule is CC(C)(C)Cc1cccc(-c2c(-n3c4ccccc4c4cc(F)ccc43)c(-n3c4ccccc4c4ccccc43)c(C#N)c(-n3c4ccccc4c4ccccc43)c2-n2c3ccccc3c3cc(F)ccc32)c1. The van der Waals surface area contributed by atoms with Crippen LogP contribution in [0.3, 0.4) is 0 Å². The van der Waals surface area contributed by atoms with Gasteiger partial charge in [-0.1, -0.05) is 154 Å². The summed E-state index contributed by atoms with van der Waals surface area (Å²) in [4.78, 5) is 0. The van der Waals surface area contributed by atoms with E-state index in [1.54, 1.807) is 12.1 Å². The van der Waals surface area contributed by atoms with Crippen LogP contribution >= 0.6 is 0 Å². The topological polar surface area (TPSA) is 43.5 Å². The first kappa shape index (κ1) is 42.6. The zero-order chi connectivity index (χ0) is 49.3. The van der Waals surface area contributed by atoms with Crippen LogP contribution in [0.1, 0.15) is 31.9 Å². The highest BCUT2D eigenvalue weighted by atomic mass is 19.1. The van der Waals surface area contributed by atoms with Crippen LogP contribution in [0.5, 0.6) is 0 Å². The van der Waals surface area contributed by atoms with Crippen molar-refractivity contribution in [2.75, 3.05) is 0 Å². The van der Waals surface area contributed by atoms with E-state index in [2.05, 4.69) is 191 Å². The van der Waals surface area contributed by atoms with Crippen molar-refractivity contribution in [2.24, 2.45) is 5.41 Å². The van der Waals surface area contributed by atoms with Crippen LogP contribution in [-0.2, 0) is 6.42 Å². The van der Waals surface area contributed by atoms with Crippen molar-refractivity contribution in [2.45, 2.75) is 27.2 Å². The monoisotopic (exact) mass is 945 g/mol. The molecule has 348 valence electrons. The van der Waals surface area contributed by atoms with Crippen LogP contribution in [-0.4, -0.2) is 18.3 Å². The van der Waals surface area contributed by atoms with E-state index >= 15 is 8.78 Å². The Hall–Kier alpha value is -9.25. The van der Waals surface area contributed by atoms with Crippen LogP contribution in [0.15, 0.2) is 206 Å². The molecule has 0 amide bonds. The summed E-state index contributed by atoms with van der Waals surface area (Å²) in [6.45, 7) is 6.77. The Morgan fingerprint density at radius 1 is 0.370 bits per heavy atom. The molecule has 14 rings (SSSR count). The summed E-state index contributed by atoms with van der Waals surface area (Å²) < 4.78 is 40.7. The van der Waals surface area contributed by atoms with Gasteiger partial charge in [-0.2, -0.15) is 5.26 Å². The highest BCUT2D eigenvalue weighted by molar-refractivity contribution is 6.17. The van der Waals surface area contributed by atoms with E-state index in [9.17, 15) is 5.26 Å². The van der Waals surface area contributed by atoms with Crippen molar-refractivity contribution in [1.82, 2.24) is 18.3 Å². The molecule has 0 saturated heterocycles. The number of aromatic nitrogens is 4. The molecule has 5 nitrogen and oxygen atoms in total. The summed E-state index contributed by atoms with van der Waals surface area (Å²) in [5, 5.41) is 20.1. The third-order valence-corrected chi connectivity index (χ3v) is 14.8. The van der Waals surface area contributed by atoms with Gasteiger partial charge in [0.1, 0.15) is 23.3 Å². The Balaban J connectivity index is 1.36. The van der Waals surface area contributed by atoms with E-state index in [4.69, 9.17) is 0 Å². The molecular formula is C66H45F2N5. The summed E-state index contributed by atoms with van der Waals surface area (Å²) in [6, 6.07) is 71.8. The minimum atomic E-state index is -0.342. The Morgan fingerprint density at radius 3 is 1.05 bits per heavy atom. The quantitative estimate of drug-likeness (QED) is 0.164. The van der Waals surface area contributed by atoms with Crippen molar-refractivity contribution in [3.05, 3.63) is 229 Å². The lowest BCUT2D eigenvalue weighted by molar-refractivity contribution is 0.411. The Morgan fingerprint density at radius 2 is 0.699 bits per heavy atom. The third-order valence-electron chi connectivity index (χ3n) is 14.8. The standard InChI is InChI=1S/C66H45F2N5/c1-66(2,3)38-40-17-16-18-41(35-40)61-64(72-57-29-14-8-23-48(57)50-36-42(67)31-33-59(50)72)62(70-53-25-10-4-19-44(53)45-20-5-11-26-54(45)70)52(39-69)63(71-55-27-12-6-21-46(55)47-22-7-13-28-56(47)71)65(61)73-58-30-15-9-24-49(58)51-37-43(68)32-34-60(51)73/h4-37H,38H2,1-3H3. The van der Waals surface area contributed by atoms with Crippen molar-refractivity contribution < 1.29 is 8.78 Å². The Kier molecular flexibility index (Phi) is 9.27. The number of halogens is 2. The summed E-state index contributed by atoms with van der Waals surface area (Å²) in [5.41, 5.74) is 13.0. The van der Waals surface area contributed by atoms with Crippen molar-refractivity contribution in [1.29, 1.82) is 5.26 Å². The average Bonchev–Trinajstić information content (AvgIpc) is 4.12. The van der Waals surface area contributed by atoms with Crippen LogP contribution in [0.2, 0.25) is 0 Å². The molecule has 73 heavy (non-hydrogen) atoms. The van der Waals surface area contributed by atoms with Gasteiger partial charge in [0.2, 0.25) is 0 Å². The molecule has 0 spiro atoms. The first-order chi connectivity index (χ1) is 35.7. The van der Waals surface area contributed by atoms with Crippen molar-refractivity contribution >= 4 is 87.2 Å². The largest absolute Gasteiger partial charge is 0.306 e. The van der Waals surface area contributed by atoms with Gasteiger partial charge in [0.05, 0.1) is 66.9 Å². The second kappa shape index (κ2) is 15.9. The first-order valence-electron chi connectivity index (χ1n) is 24.8.